The molecule has 0 saturated carbocycles. The Morgan fingerprint density at radius 3 is 3.20 bits per heavy atom. The van der Waals surface area contributed by atoms with Crippen LogP contribution < -0.4 is 11.0 Å². The van der Waals surface area contributed by atoms with E-state index in [4.69, 9.17) is 0 Å². The molecule has 1 amide bonds. The molecule has 2 N–H and O–H groups in total. The number of nitrogens with zero attached hydrogens (tertiary/aromatic N) is 3. The van der Waals surface area contributed by atoms with E-state index < -0.39 is 0 Å². The van der Waals surface area contributed by atoms with E-state index in [-0.39, 0.29) is 18.0 Å². The molecule has 152 valence electrons. The minimum absolute atomic E-state index is 0.117. The fourth-order valence-corrected chi connectivity index (χ4v) is 5.38. The summed E-state index contributed by atoms with van der Waals surface area (Å²) in [6, 6.07) is 7.86. The van der Waals surface area contributed by atoms with Gasteiger partial charge in [0.15, 0.2) is 0 Å². The van der Waals surface area contributed by atoms with E-state index in [1.807, 2.05) is 30.5 Å². The Morgan fingerprint density at radius 2 is 2.30 bits per heavy atom. The second-order valence-electron chi connectivity index (χ2n) is 7.79. The zero-order chi connectivity index (χ0) is 20.7. The molecule has 0 radical (unpaired) electrons. The smallest absolute Gasteiger partial charge is 0.262 e. The first-order chi connectivity index (χ1) is 14.6. The lowest BCUT2D eigenvalue weighted by molar-refractivity contribution is -0.121. The van der Waals surface area contributed by atoms with Crippen LogP contribution in [0.15, 0.2) is 46.7 Å². The Kier molecular flexibility index (Phi) is 4.71. The molecule has 5 rings (SSSR count). The number of aryl methyl sites for hydroxylation is 1. The summed E-state index contributed by atoms with van der Waals surface area (Å²) in [6.07, 6.45) is 7.87. The maximum atomic E-state index is 13.0. The monoisotopic (exact) mass is 419 g/mol. The molecule has 1 aromatic carbocycles. The number of para-hydroxylation sites is 1. The Hall–Kier alpha value is -3.26. The average Bonchev–Trinajstić information content (AvgIpc) is 3.31. The number of H-pyrrole nitrogens is 1. The number of hydrazone groups is 1. The molecule has 3 aromatic heterocycles. The molecule has 30 heavy (non-hydrogen) atoms. The van der Waals surface area contributed by atoms with Crippen molar-refractivity contribution in [3.8, 4) is 0 Å². The van der Waals surface area contributed by atoms with Crippen LogP contribution in [0.4, 0.5) is 0 Å². The van der Waals surface area contributed by atoms with Gasteiger partial charge in [0, 0.05) is 27.5 Å². The SMILES string of the molecule is C[C@H]1CCc2c(sc3ncn(CC(=O)N/N=C/c4c[nH]c5ccccc45)c(=O)c23)C1. The van der Waals surface area contributed by atoms with Crippen molar-refractivity contribution < 1.29 is 4.79 Å². The van der Waals surface area contributed by atoms with Crippen LogP contribution in [0.25, 0.3) is 21.1 Å². The van der Waals surface area contributed by atoms with Crippen LogP contribution in [0.3, 0.4) is 0 Å². The molecule has 0 aliphatic heterocycles. The van der Waals surface area contributed by atoms with Gasteiger partial charge in [-0.1, -0.05) is 25.1 Å². The second-order valence-corrected chi connectivity index (χ2v) is 8.88. The van der Waals surface area contributed by atoms with Crippen molar-refractivity contribution in [1.82, 2.24) is 20.0 Å². The first-order valence-corrected chi connectivity index (χ1v) is 10.8. The van der Waals surface area contributed by atoms with Gasteiger partial charge in [-0.25, -0.2) is 10.4 Å². The van der Waals surface area contributed by atoms with Crippen molar-refractivity contribution in [1.29, 1.82) is 0 Å². The molecule has 0 bridgehead atoms. The highest BCUT2D eigenvalue weighted by atomic mass is 32.1. The zero-order valence-corrected chi connectivity index (χ0v) is 17.3. The molecule has 0 unspecified atom stereocenters. The Bertz CT molecular complexity index is 1350. The number of aromatic nitrogens is 3. The van der Waals surface area contributed by atoms with E-state index in [2.05, 4.69) is 27.4 Å². The summed E-state index contributed by atoms with van der Waals surface area (Å²) in [6.45, 7) is 2.12. The van der Waals surface area contributed by atoms with E-state index in [0.29, 0.717) is 11.3 Å². The van der Waals surface area contributed by atoms with Crippen molar-refractivity contribution in [2.24, 2.45) is 11.0 Å². The van der Waals surface area contributed by atoms with Gasteiger partial charge in [0.25, 0.3) is 11.5 Å². The number of carbonyl (C=O) groups is 1. The number of carbonyl (C=O) groups excluding carboxylic acids is 1. The molecule has 0 fully saturated rings. The first-order valence-electron chi connectivity index (χ1n) is 9.98. The Balaban J connectivity index is 1.33. The van der Waals surface area contributed by atoms with Crippen LogP contribution in [-0.2, 0) is 24.2 Å². The number of benzene rings is 1. The van der Waals surface area contributed by atoms with E-state index in [1.54, 1.807) is 17.6 Å². The molecule has 4 aromatic rings. The van der Waals surface area contributed by atoms with Crippen LogP contribution in [0.5, 0.6) is 0 Å². The predicted octanol–water partition coefficient (Wildman–Crippen LogP) is 3.21. The normalized spacial score (nSPS) is 16.4. The van der Waals surface area contributed by atoms with E-state index in [0.717, 1.165) is 46.1 Å². The first kappa shape index (κ1) is 18.7. The summed E-state index contributed by atoms with van der Waals surface area (Å²) in [7, 11) is 0. The van der Waals surface area contributed by atoms with Gasteiger partial charge in [-0.05, 0) is 36.8 Å². The number of hydrogen-bond donors (Lipinski definition) is 2. The molecular formula is C22H21N5O2S. The van der Waals surface area contributed by atoms with Crippen molar-refractivity contribution in [3.05, 3.63) is 63.1 Å². The van der Waals surface area contributed by atoms with Gasteiger partial charge in [0.1, 0.15) is 11.4 Å². The lowest BCUT2D eigenvalue weighted by Gasteiger charge is -2.17. The molecule has 8 heteroatoms. The summed E-state index contributed by atoms with van der Waals surface area (Å²) in [5.41, 5.74) is 5.36. The quantitative estimate of drug-likeness (QED) is 0.393. The summed E-state index contributed by atoms with van der Waals surface area (Å²) < 4.78 is 1.36. The van der Waals surface area contributed by atoms with Gasteiger partial charge in [-0.3, -0.25) is 14.2 Å². The van der Waals surface area contributed by atoms with Crippen molar-refractivity contribution in [3.63, 3.8) is 0 Å². The third-order valence-electron chi connectivity index (χ3n) is 5.61. The third kappa shape index (κ3) is 3.33. The van der Waals surface area contributed by atoms with Crippen LogP contribution in [0, 0.1) is 5.92 Å². The lowest BCUT2D eigenvalue weighted by Crippen LogP contribution is -2.30. The molecule has 1 aliphatic rings. The van der Waals surface area contributed by atoms with E-state index >= 15 is 0 Å². The number of aromatic amines is 1. The summed E-state index contributed by atoms with van der Waals surface area (Å²) in [4.78, 5) is 35.0. The Morgan fingerprint density at radius 1 is 1.43 bits per heavy atom. The summed E-state index contributed by atoms with van der Waals surface area (Å²) >= 11 is 1.61. The fourth-order valence-electron chi connectivity index (χ4n) is 4.04. The van der Waals surface area contributed by atoms with Crippen molar-refractivity contribution in [2.45, 2.75) is 32.7 Å². The van der Waals surface area contributed by atoms with Gasteiger partial charge in [-0.15, -0.1) is 11.3 Å². The molecule has 7 nitrogen and oxygen atoms in total. The zero-order valence-electron chi connectivity index (χ0n) is 16.5. The number of nitrogens with one attached hydrogen (secondary N) is 2. The average molecular weight is 420 g/mol. The Labute approximate surface area is 176 Å². The van der Waals surface area contributed by atoms with Crippen LogP contribution in [-0.4, -0.2) is 26.7 Å². The maximum absolute atomic E-state index is 13.0. The van der Waals surface area contributed by atoms with Crippen LogP contribution >= 0.6 is 11.3 Å². The van der Waals surface area contributed by atoms with Crippen molar-refractivity contribution >= 4 is 44.6 Å². The molecule has 0 spiro atoms. The number of hydrogen-bond acceptors (Lipinski definition) is 5. The maximum Gasteiger partial charge on any atom is 0.262 e. The number of rotatable bonds is 4. The molecule has 0 saturated heterocycles. The number of amides is 1. The van der Waals surface area contributed by atoms with Gasteiger partial charge >= 0.3 is 0 Å². The minimum atomic E-state index is -0.368. The van der Waals surface area contributed by atoms with Gasteiger partial charge < -0.3 is 4.98 Å². The van der Waals surface area contributed by atoms with Crippen LogP contribution in [0.1, 0.15) is 29.3 Å². The number of thiophene rings is 1. The van der Waals surface area contributed by atoms with Gasteiger partial charge in [0.2, 0.25) is 0 Å². The van der Waals surface area contributed by atoms with Gasteiger partial charge in [0.05, 0.1) is 17.9 Å². The van der Waals surface area contributed by atoms with Crippen LogP contribution in [0.2, 0.25) is 0 Å². The van der Waals surface area contributed by atoms with Crippen molar-refractivity contribution in [2.75, 3.05) is 0 Å². The second kappa shape index (κ2) is 7.53. The molecule has 3 heterocycles. The highest BCUT2D eigenvalue weighted by Crippen LogP contribution is 2.35. The highest BCUT2D eigenvalue weighted by molar-refractivity contribution is 7.18. The standard InChI is InChI=1S/C22H21N5O2S/c1-13-6-7-16-18(8-13)30-21-20(16)22(29)27(12-24-21)11-19(28)26-25-10-14-9-23-17-5-3-2-4-15(14)17/h2-5,9-10,12-13,23H,6-8,11H2,1H3,(H,26,28)/b25-10+/t13-/m0/s1. The van der Waals surface area contributed by atoms with E-state index in [1.165, 1.54) is 15.8 Å². The summed E-state index contributed by atoms with van der Waals surface area (Å²) in [5, 5.41) is 5.75. The highest BCUT2D eigenvalue weighted by Gasteiger charge is 2.23. The minimum Gasteiger partial charge on any atom is -0.361 e. The largest absolute Gasteiger partial charge is 0.361 e. The lowest BCUT2D eigenvalue weighted by atomic mass is 9.89. The number of fused-ring (bicyclic) bond motifs is 4. The third-order valence-corrected chi connectivity index (χ3v) is 6.77. The summed E-state index contributed by atoms with van der Waals surface area (Å²) in [5.74, 6) is 0.264. The molecule has 1 atom stereocenters. The van der Waals surface area contributed by atoms with Gasteiger partial charge in [-0.2, -0.15) is 5.10 Å². The fraction of sp³-hybridized carbons (Fsp3) is 0.273. The predicted molar refractivity (Wildman–Crippen MR) is 119 cm³/mol. The van der Waals surface area contributed by atoms with E-state index in [9.17, 15) is 9.59 Å². The molecular weight excluding hydrogens is 398 g/mol. The molecule has 1 aliphatic carbocycles. The topological polar surface area (TPSA) is 92.1 Å².